The third-order valence-electron chi connectivity index (χ3n) is 3.04. The first kappa shape index (κ1) is 12.3. The van der Waals surface area contributed by atoms with Crippen LogP contribution in [0.4, 0.5) is 5.82 Å². The fourth-order valence-electron chi connectivity index (χ4n) is 2.36. The molecule has 0 aliphatic carbocycles. The van der Waals surface area contributed by atoms with E-state index in [4.69, 9.17) is 0 Å². The van der Waals surface area contributed by atoms with Gasteiger partial charge in [-0.05, 0) is 39.1 Å². The summed E-state index contributed by atoms with van der Waals surface area (Å²) in [4.78, 5) is 4.30. The molecule has 5 heteroatoms. The Morgan fingerprint density at radius 3 is 2.94 bits per heavy atom. The number of anilines is 1. The van der Waals surface area contributed by atoms with Crippen molar-refractivity contribution >= 4 is 5.82 Å². The summed E-state index contributed by atoms with van der Waals surface area (Å²) in [7, 11) is 4.09. The van der Waals surface area contributed by atoms with Crippen LogP contribution >= 0.6 is 0 Å². The summed E-state index contributed by atoms with van der Waals surface area (Å²) in [6.07, 6.45) is 2.28. The molecule has 0 radical (unpaired) electrons. The average Bonchev–Trinajstić information content (AvgIpc) is 2.58. The molecule has 1 aliphatic heterocycles. The molecule has 0 bridgehead atoms. The zero-order valence-corrected chi connectivity index (χ0v) is 10.7. The number of nitrogens with zero attached hydrogens (tertiary/aromatic N) is 4. The van der Waals surface area contributed by atoms with Crippen molar-refractivity contribution in [2.45, 2.75) is 25.5 Å². The maximum Gasteiger partial charge on any atom is 0.151 e. The number of aromatic nitrogens is 2. The maximum atomic E-state index is 9.81. The molecule has 0 amide bonds. The molecular formula is C12H20N4O. The molecule has 2 rings (SSSR count). The van der Waals surface area contributed by atoms with E-state index in [1.165, 1.54) is 0 Å². The van der Waals surface area contributed by atoms with Crippen LogP contribution in [0, 0.1) is 6.92 Å². The van der Waals surface area contributed by atoms with Crippen molar-refractivity contribution in [1.82, 2.24) is 15.1 Å². The van der Waals surface area contributed by atoms with Crippen LogP contribution in [0.25, 0.3) is 0 Å². The minimum Gasteiger partial charge on any atom is -0.391 e. The van der Waals surface area contributed by atoms with Crippen LogP contribution in [-0.2, 0) is 0 Å². The van der Waals surface area contributed by atoms with Gasteiger partial charge in [0.15, 0.2) is 5.82 Å². The van der Waals surface area contributed by atoms with Crippen LogP contribution in [-0.4, -0.2) is 59.5 Å². The van der Waals surface area contributed by atoms with E-state index in [9.17, 15) is 5.11 Å². The molecule has 1 N–H and O–H groups in total. The Bertz CT molecular complexity index is 383. The van der Waals surface area contributed by atoms with Crippen LogP contribution in [0.2, 0.25) is 0 Å². The van der Waals surface area contributed by atoms with Crippen LogP contribution in [0.3, 0.4) is 0 Å². The Balaban J connectivity index is 2.17. The lowest BCUT2D eigenvalue weighted by Crippen LogP contribution is -2.38. The van der Waals surface area contributed by atoms with Crippen molar-refractivity contribution in [3.63, 3.8) is 0 Å². The molecule has 1 fully saturated rings. The molecule has 0 saturated carbocycles. The fraction of sp³-hybridized carbons (Fsp3) is 0.667. The van der Waals surface area contributed by atoms with E-state index in [2.05, 4.69) is 20.0 Å². The molecular weight excluding hydrogens is 216 g/mol. The Morgan fingerprint density at radius 2 is 2.29 bits per heavy atom. The summed E-state index contributed by atoms with van der Waals surface area (Å²) in [5.41, 5.74) is 1.10. The highest BCUT2D eigenvalue weighted by molar-refractivity contribution is 5.42. The van der Waals surface area contributed by atoms with E-state index in [-0.39, 0.29) is 6.10 Å². The van der Waals surface area contributed by atoms with Gasteiger partial charge in [0.2, 0.25) is 0 Å². The molecule has 1 aliphatic rings. The zero-order chi connectivity index (χ0) is 12.4. The molecule has 94 valence electrons. The number of aryl methyl sites for hydroxylation is 1. The van der Waals surface area contributed by atoms with Gasteiger partial charge in [-0.15, -0.1) is 5.10 Å². The highest BCUT2D eigenvalue weighted by atomic mass is 16.3. The first-order valence-electron chi connectivity index (χ1n) is 5.95. The number of aliphatic hydroxyl groups excluding tert-OH is 1. The van der Waals surface area contributed by atoms with Gasteiger partial charge >= 0.3 is 0 Å². The molecule has 17 heavy (non-hydrogen) atoms. The van der Waals surface area contributed by atoms with Crippen LogP contribution in [0.1, 0.15) is 12.0 Å². The van der Waals surface area contributed by atoms with Crippen molar-refractivity contribution in [3.8, 4) is 0 Å². The lowest BCUT2D eigenvalue weighted by Gasteiger charge is -2.27. The quantitative estimate of drug-likeness (QED) is 0.817. The van der Waals surface area contributed by atoms with Gasteiger partial charge < -0.3 is 14.9 Å². The average molecular weight is 236 g/mol. The minimum absolute atomic E-state index is 0.262. The molecule has 0 aromatic carbocycles. The largest absolute Gasteiger partial charge is 0.391 e. The predicted molar refractivity (Wildman–Crippen MR) is 67.1 cm³/mol. The first-order chi connectivity index (χ1) is 8.06. The Labute approximate surface area is 102 Å². The number of hydrogen-bond donors (Lipinski definition) is 1. The molecule has 1 saturated heterocycles. The number of likely N-dealkylation sites (N-methyl/N-ethyl adjacent to an activating group) is 1. The monoisotopic (exact) mass is 236 g/mol. The molecule has 1 aromatic heterocycles. The predicted octanol–water partition coefficient (Wildman–Crippen LogP) is 0.286. The topological polar surface area (TPSA) is 52.5 Å². The molecule has 2 atom stereocenters. The molecule has 2 heterocycles. The number of β-amino-alcohol motifs (C(OH)–C–C–N with tert-alkyl or cyclic N) is 1. The number of hydrogen-bond acceptors (Lipinski definition) is 5. The van der Waals surface area contributed by atoms with Gasteiger partial charge in [-0.1, -0.05) is 0 Å². The van der Waals surface area contributed by atoms with Crippen molar-refractivity contribution in [2.75, 3.05) is 32.1 Å². The smallest absolute Gasteiger partial charge is 0.151 e. The standard InChI is InChI=1S/C12H20N4O/c1-9-4-12(14-13-6-9)16-8-11(17)5-10(16)7-15(2)3/h4,6,10-11,17H,5,7-8H2,1-3H3. The number of aliphatic hydroxyl groups is 1. The molecule has 2 unspecified atom stereocenters. The minimum atomic E-state index is -0.262. The van der Waals surface area contributed by atoms with Gasteiger partial charge in [-0.2, -0.15) is 5.10 Å². The van der Waals surface area contributed by atoms with E-state index in [0.29, 0.717) is 12.6 Å². The lowest BCUT2D eigenvalue weighted by molar-refractivity contribution is 0.191. The van der Waals surface area contributed by atoms with Gasteiger partial charge in [0, 0.05) is 19.1 Å². The second-order valence-corrected chi connectivity index (χ2v) is 5.05. The van der Waals surface area contributed by atoms with Crippen LogP contribution in [0.5, 0.6) is 0 Å². The van der Waals surface area contributed by atoms with Gasteiger partial charge in [0.25, 0.3) is 0 Å². The first-order valence-corrected chi connectivity index (χ1v) is 5.95. The van der Waals surface area contributed by atoms with Crippen LogP contribution < -0.4 is 4.90 Å². The van der Waals surface area contributed by atoms with Crippen molar-refractivity contribution in [2.24, 2.45) is 0 Å². The zero-order valence-electron chi connectivity index (χ0n) is 10.7. The normalized spacial score (nSPS) is 24.6. The van der Waals surface area contributed by atoms with Gasteiger partial charge in [0.1, 0.15) is 0 Å². The number of rotatable bonds is 3. The maximum absolute atomic E-state index is 9.81. The Morgan fingerprint density at radius 1 is 1.53 bits per heavy atom. The summed E-state index contributed by atoms with van der Waals surface area (Å²) in [6, 6.07) is 2.34. The molecule has 0 spiro atoms. The summed E-state index contributed by atoms with van der Waals surface area (Å²) in [5.74, 6) is 0.869. The summed E-state index contributed by atoms with van der Waals surface area (Å²) >= 11 is 0. The fourth-order valence-corrected chi connectivity index (χ4v) is 2.36. The summed E-state index contributed by atoms with van der Waals surface area (Å²) in [6.45, 7) is 3.58. The second-order valence-electron chi connectivity index (χ2n) is 5.05. The third kappa shape index (κ3) is 2.92. The summed E-state index contributed by atoms with van der Waals surface area (Å²) in [5, 5.41) is 17.9. The van der Waals surface area contributed by atoms with Gasteiger partial charge in [-0.25, -0.2) is 0 Å². The van der Waals surface area contributed by atoms with E-state index in [1.807, 2.05) is 27.1 Å². The van der Waals surface area contributed by atoms with Crippen molar-refractivity contribution in [1.29, 1.82) is 0 Å². The summed E-state index contributed by atoms with van der Waals surface area (Å²) < 4.78 is 0. The Hall–Kier alpha value is -1.20. The van der Waals surface area contributed by atoms with E-state index >= 15 is 0 Å². The van der Waals surface area contributed by atoms with E-state index in [0.717, 1.165) is 24.3 Å². The Kier molecular flexibility index (Phi) is 3.59. The van der Waals surface area contributed by atoms with Gasteiger partial charge in [0.05, 0.1) is 12.3 Å². The lowest BCUT2D eigenvalue weighted by atomic mass is 10.2. The van der Waals surface area contributed by atoms with Crippen molar-refractivity contribution in [3.05, 3.63) is 17.8 Å². The van der Waals surface area contributed by atoms with E-state index in [1.54, 1.807) is 6.20 Å². The molecule has 1 aromatic rings. The third-order valence-corrected chi connectivity index (χ3v) is 3.04. The van der Waals surface area contributed by atoms with Crippen LogP contribution in [0.15, 0.2) is 12.3 Å². The van der Waals surface area contributed by atoms with Gasteiger partial charge in [-0.3, -0.25) is 0 Å². The molecule has 5 nitrogen and oxygen atoms in total. The second kappa shape index (κ2) is 4.98. The SMILES string of the molecule is Cc1cnnc(N2CC(O)CC2CN(C)C)c1. The highest BCUT2D eigenvalue weighted by Crippen LogP contribution is 2.24. The highest BCUT2D eigenvalue weighted by Gasteiger charge is 2.32. The van der Waals surface area contributed by atoms with Crippen molar-refractivity contribution < 1.29 is 5.11 Å². The van der Waals surface area contributed by atoms with E-state index < -0.39 is 0 Å².